The summed E-state index contributed by atoms with van der Waals surface area (Å²) in [7, 11) is 0. The molecule has 32 heavy (non-hydrogen) atoms. The highest BCUT2D eigenvalue weighted by Gasteiger charge is 2.26. The number of hydrogen-bond donors (Lipinski definition) is 8. The van der Waals surface area contributed by atoms with Crippen LogP contribution in [-0.2, 0) is 25.6 Å². The molecule has 1 aromatic carbocycles. The average molecular weight is 470 g/mol. The molecular formula is C20H31N5O6S. The van der Waals surface area contributed by atoms with Gasteiger partial charge in [0.25, 0.3) is 0 Å². The lowest BCUT2D eigenvalue weighted by Gasteiger charge is -2.22. The third-order valence-electron chi connectivity index (χ3n) is 4.55. The van der Waals surface area contributed by atoms with Crippen LogP contribution in [0.2, 0.25) is 0 Å². The molecule has 3 atom stereocenters. The van der Waals surface area contributed by atoms with Crippen molar-refractivity contribution < 1.29 is 29.4 Å². The fraction of sp³-hybridized carbons (Fsp3) is 0.500. The van der Waals surface area contributed by atoms with E-state index >= 15 is 0 Å². The molecule has 0 bridgehead atoms. The van der Waals surface area contributed by atoms with Crippen molar-refractivity contribution in [1.82, 2.24) is 16.0 Å². The molecule has 0 heterocycles. The van der Waals surface area contributed by atoms with Gasteiger partial charge in [-0.1, -0.05) is 12.1 Å². The molecule has 1 rings (SSSR count). The number of carboxylic acids is 1. The van der Waals surface area contributed by atoms with Crippen LogP contribution in [0.15, 0.2) is 24.3 Å². The molecule has 0 aromatic heterocycles. The average Bonchev–Trinajstić information content (AvgIpc) is 2.77. The number of aromatic hydroxyl groups is 1. The zero-order chi connectivity index (χ0) is 24.1. The standard InChI is InChI=1S/C20H31N5O6S/c21-8-2-1-3-15(24-17(27)10-23-18(28)14(22)11-32)19(29)25-16(20(30)31)9-12-4-6-13(26)7-5-12/h4-7,14-16,26,32H,1-3,8-11,21-22H2,(H,23,28)(H,24,27)(H,25,29)(H,30,31). The quantitative estimate of drug-likeness (QED) is 0.119. The first kappa shape index (κ1) is 27.2. The highest BCUT2D eigenvalue weighted by molar-refractivity contribution is 7.80. The molecule has 0 radical (unpaired) electrons. The molecule has 0 aliphatic carbocycles. The maximum Gasteiger partial charge on any atom is 0.326 e. The van der Waals surface area contributed by atoms with Gasteiger partial charge in [-0.3, -0.25) is 14.4 Å². The minimum atomic E-state index is -1.24. The van der Waals surface area contributed by atoms with Crippen LogP contribution in [0.5, 0.6) is 5.75 Å². The molecule has 0 aliphatic heterocycles. The van der Waals surface area contributed by atoms with Gasteiger partial charge >= 0.3 is 5.97 Å². The third kappa shape index (κ3) is 9.98. The zero-order valence-electron chi connectivity index (χ0n) is 17.6. The van der Waals surface area contributed by atoms with Crippen LogP contribution in [0.1, 0.15) is 24.8 Å². The van der Waals surface area contributed by atoms with E-state index in [2.05, 4.69) is 28.6 Å². The highest BCUT2D eigenvalue weighted by Crippen LogP contribution is 2.12. The molecule has 3 amide bonds. The first-order valence-electron chi connectivity index (χ1n) is 10.1. The van der Waals surface area contributed by atoms with Crippen molar-refractivity contribution in [3.8, 4) is 5.75 Å². The van der Waals surface area contributed by atoms with Gasteiger partial charge in [0, 0.05) is 12.2 Å². The Morgan fingerprint density at radius 1 is 1.00 bits per heavy atom. The number of thiol groups is 1. The molecule has 11 nitrogen and oxygen atoms in total. The van der Waals surface area contributed by atoms with E-state index < -0.39 is 48.4 Å². The van der Waals surface area contributed by atoms with Gasteiger partial charge in [-0.25, -0.2) is 4.79 Å². The number of nitrogens with two attached hydrogens (primary N) is 2. The first-order valence-corrected chi connectivity index (χ1v) is 10.8. The minimum absolute atomic E-state index is 0.0114. The molecular weight excluding hydrogens is 438 g/mol. The Labute approximate surface area is 191 Å². The number of carboxylic acid groups (broad SMARTS) is 1. The van der Waals surface area contributed by atoms with E-state index in [1.165, 1.54) is 12.1 Å². The van der Waals surface area contributed by atoms with Crippen molar-refractivity contribution in [3.05, 3.63) is 29.8 Å². The summed E-state index contributed by atoms with van der Waals surface area (Å²) in [6.07, 6.45) is 1.37. The lowest BCUT2D eigenvalue weighted by atomic mass is 10.0. The zero-order valence-corrected chi connectivity index (χ0v) is 18.5. The lowest BCUT2D eigenvalue weighted by molar-refractivity contribution is -0.142. The molecule has 9 N–H and O–H groups in total. The number of unbranched alkanes of at least 4 members (excludes halogenated alkanes) is 1. The molecule has 0 saturated heterocycles. The van der Waals surface area contributed by atoms with Crippen molar-refractivity contribution in [2.24, 2.45) is 11.5 Å². The van der Waals surface area contributed by atoms with Gasteiger partial charge in [-0.05, 0) is 43.5 Å². The predicted octanol–water partition coefficient (Wildman–Crippen LogP) is -1.51. The lowest BCUT2D eigenvalue weighted by Crippen LogP contribution is -2.54. The summed E-state index contributed by atoms with van der Waals surface area (Å²) in [4.78, 5) is 48.3. The number of phenols is 1. The monoisotopic (exact) mass is 469 g/mol. The predicted molar refractivity (Wildman–Crippen MR) is 121 cm³/mol. The Kier molecular flexibility index (Phi) is 12.1. The van der Waals surface area contributed by atoms with Crippen molar-refractivity contribution in [2.45, 2.75) is 43.8 Å². The molecule has 0 spiro atoms. The van der Waals surface area contributed by atoms with Crippen molar-refractivity contribution in [1.29, 1.82) is 0 Å². The van der Waals surface area contributed by atoms with Gasteiger partial charge in [0.1, 0.15) is 17.8 Å². The van der Waals surface area contributed by atoms with Crippen LogP contribution in [-0.4, -0.2) is 70.9 Å². The van der Waals surface area contributed by atoms with E-state index in [0.717, 1.165) is 0 Å². The Morgan fingerprint density at radius 2 is 1.66 bits per heavy atom. The number of hydrogen-bond acceptors (Lipinski definition) is 8. The molecule has 178 valence electrons. The SMILES string of the molecule is NCCCCC(NC(=O)CNC(=O)C(N)CS)C(=O)NC(Cc1ccc(O)cc1)C(=O)O. The van der Waals surface area contributed by atoms with E-state index in [4.69, 9.17) is 11.5 Å². The first-order chi connectivity index (χ1) is 15.2. The largest absolute Gasteiger partial charge is 0.508 e. The summed E-state index contributed by atoms with van der Waals surface area (Å²) in [5.41, 5.74) is 11.6. The van der Waals surface area contributed by atoms with Gasteiger partial charge in [0.15, 0.2) is 0 Å². The van der Waals surface area contributed by atoms with Gasteiger partial charge in [-0.2, -0.15) is 12.6 Å². The molecule has 1 aromatic rings. The summed E-state index contributed by atoms with van der Waals surface area (Å²) in [5, 5.41) is 26.2. The van der Waals surface area contributed by atoms with Crippen LogP contribution in [0.3, 0.4) is 0 Å². The number of nitrogens with one attached hydrogen (secondary N) is 3. The highest BCUT2D eigenvalue weighted by atomic mass is 32.1. The van der Waals surface area contributed by atoms with Crippen molar-refractivity contribution in [3.63, 3.8) is 0 Å². The summed E-state index contributed by atoms with van der Waals surface area (Å²) < 4.78 is 0. The fourth-order valence-electron chi connectivity index (χ4n) is 2.73. The van der Waals surface area contributed by atoms with E-state index in [9.17, 15) is 29.4 Å². The third-order valence-corrected chi connectivity index (χ3v) is 4.94. The molecule has 12 heteroatoms. The molecule has 0 saturated carbocycles. The Bertz CT molecular complexity index is 776. The summed E-state index contributed by atoms with van der Waals surface area (Å²) >= 11 is 3.91. The van der Waals surface area contributed by atoms with Crippen LogP contribution in [0.4, 0.5) is 0 Å². The van der Waals surface area contributed by atoms with E-state index in [1.54, 1.807) is 12.1 Å². The number of benzene rings is 1. The second-order valence-electron chi connectivity index (χ2n) is 7.18. The van der Waals surface area contributed by atoms with Crippen LogP contribution in [0.25, 0.3) is 0 Å². The maximum atomic E-state index is 12.7. The minimum Gasteiger partial charge on any atom is -0.508 e. The van der Waals surface area contributed by atoms with Gasteiger partial charge in [0.05, 0.1) is 12.6 Å². The number of carbonyl (C=O) groups is 4. The van der Waals surface area contributed by atoms with E-state index in [-0.39, 0.29) is 24.3 Å². The van der Waals surface area contributed by atoms with Crippen LogP contribution < -0.4 is 27.4 Å². The molecule has 0 fully saturated rings. The van der Waals surface area contributed by atoms with Gasteiger partial charge in [0.2, 0.25) is 17.7 Å². The summed E-state index contributed by atoms with van der Waals surface area (Å²) in [6.45, 7) is 0.00934. The molecule has 3 unspecified atom stereocenters. The number of phenolic OH excluding ortho intramolecular Hbond substituents is 1. The summed E-state index contributed by atoms with van der Waals surface area (Å²) in [6, 6.07) is 2.82. The number of carbonyl (C=O) groups excluding carboxylic acids is 3. The molecule has 0 aliphatic rings. The number of rotatable bonds is 14. The Hall–Kier alpha value is -2.83. The second kappa shape index (κ2) is 14.3. The van der Waals surface area contributed by atoms with Gasteiger partial charge in [-0.15, -0.1) is 0 Å². The normalized spacial score (nSPS) is 13.5. The van der Waals surface area contributed by atoms with Gasteiger partial charge < -0.3 is 37.6 Å². The van der Waals surface area contributed by atoms with Crippen LogP contribution >= 0.6 is 12.6 Å². The summed E-state index contributed by atoms with van der Waals surface area (Å²) in [5.74, 6) is -2.95. The van der Waals surface area contributed by atoms with E-state index in [1.807, 2.05) is 0 Å². The smallest absolute Gasteiger partial charge is 0.326 e. The second-order valence-corrected chi connectivity index (χ2v) is 7.55. The Morgan fingerprint density at radius 3 is 2.22 bits per heavy atom. The van der Waals surface area contributed by atoms with Crippen molar-refractivity contribution in [2.75, 3.05) is 18.8 Å². The number of aliphatic carboxylic acids is 1. The van der Waals surface area contributed by atoms with Crippen molar-refractivity contribution >= 4 is 36.3 Å². The van der Waals surface area contributed by atoms with Crippen LogP contribution in [0, 0.1) is 0 Å². The van der Waals surface area contributed by atoms with E-state index in [0.29, 0.717) is 24.9 Å². The topological polar surface area (TPSA) is 197 Å². The number of amides is 3. The maximum absolute atomic E-state index is 12.7. The Balaban J connectivity index is 2.78. The fourth-order valence-corrected chi connectivity index (χ4v) is 2.89.